The quantitative estimate of drug-likeness (QED) is 0.140. The molecule has 5 heterocycles. The van der Waals surface area contributed by atoms with Gasteiger partial charge in [-0.2, -0.15) is 0 Å². The number of rotatable bonds is 17. The zero-order valence-electron chi connectivity index (χ0n) is 48.5. The molecular weight excluding hydrogens is 1000 g/mol. The van der Waals surface area contributed by atoms with Gasteiger partial charge >= 0.3 is 5.97 Å². The average Bonchev–Trinajstić information content (AvgIpc) is 4.09. The van der Waals surface area contributed by atoms with Gasteiger partial charge in [-0.15, -0.1) is 5.10 Å². The lowest BCUT2D eigenvalue weighted by molar-refractivity contribution is -0.318. The third-order valence-electron chi connectivity index (χ3n) is 17.6. The molecule has 4 fully saturated rings. The summed E-state index contributed by atoms with van der Waals surface area (Å²) in [7, 11) is 8.51. The first-order chi connectivity index (χ1) is 36.2. The Morgan fingerprint density at radius 2 is 1.64 bits per heavy atom. The Hall–Kier alpha value is -3.00. The van der Waals surface area contributed by atoms with E-state index in [0.717, 1.165) is 30.8 Å². The predicted octanol–water partition coefficient (Wildman–Crippen LogP) is 4.23. The first-order valence-corrected chi connectivity index (χ1v) is 27.9. The zero-order valence-corrected chi connectivity index (χ0v) is 48.5. The summed E-state index contributed by atoms with van der Waals surface area (Å²) in [5, 5.41) is 68.7. The van der Waals surface area contributed by atoms with Crippen LogP contribution in [0.15, 0.2) is 30.5 Å². The van der Waals surface area contributed by atoms with Crippen molar-refractivity contribution in [1.82, 2.24) is 24.8 Å². The molecule has 4 saturated heterocycles. The number of esters is 1. The number of aliphatic hydroxyl groups is 5. The van der Waals surface area contributed by atoms with Gasteiger partial charge < -0.3 is 78.1 Å². The molecule has 4 aliphatic rings. The zero-order chi connectivity index (χ0) is 56.9. The summed E-state index contributed by atoms with van der Waals surface area (Å²) in [6.45, 7) is 19.3. The molecule has 5 N–H and O–H groups in total. The number of anilines is 1. The van der Waals surface area contributed by atoms with Crippen LogP contribution in [-0.4, -0.2) is 221 Å². The first kappa shape index (κ1) is 63.2. The number of aliphatic hydroxyl groups excluding tert-OH is 3. The minimum Gasteiger partial charge on any atom is -0.459 e. The van der Waals surface area contributed by atoms with Crippen molar-refractivity contribution in [2.75, 3.05) is 73.2 Å². The molecule has 0 saturated carbocycles. The Kier molecular flexibility index (Phi) is 21.9. The van der Waals surface area contributed by atoms with Gasteiger partial charge in [0.2, 0.25) is 0 Å². The van der Waals surface area contributed by atoms with E-state index in [-0.39, 0.29) is 31.3 Å². The summed E-state index contributed by atoms with van der Waals surface area (Å²) in [5.74, 6) is -2.87. The van der Waals surface area contributed by atoms with Crippen LogP contribution in [0.25, 0.3) is 0 Å². The van der Waals surface area contributed by atoms with Gasteiger partial charge in [-0.25, -0.2) is 9.07 Å². The van der Waals surface area contributed by atoms with Gasteiger partial charge in [0.25, 0.3) is 0 Å². The number of nitrogens with zero attached hydrogens (tertiary/aromatic N) is 6. The lowest BCUT2D eigenvalue weighted by Crippen LogP contribution is -2.61. The number of halogens is 1. The van der Waals surface area contributed by atoms with Crippen molar-refractivity contribution in [2.24, 2.45) is 17.8 Å². The van der Waals surface area contributed by atoms with Crippen molar-refractivity contribution in [2.45, 2.75) is 216 Å². The largest absolute Gasteiger partial charge is 0.459 e. The number of likely N-dealkylation sites (N-methyl/N-ethyl adjacent to an activating group) is 2. The van der Waals surface area contributed by atoms with Gasteiger partial charge in [-0.3, -0.25) is 4.79 Å². The molecule has 0 unspecified atom stereocenters. The fourth-order valence-electron chi connectivity index (χ4n) is 12.5. The molecule has 77 heavy (non-hydrogen) atoms. The number of hydrogen-bond donors (Lipinski definition) is 5. The van der Waals surface area contributed by atoms with Crippen molar-refractivity contribution in [3.8, 4) is 0 Å². The summed E-state index contributed by atoms with van der Waals surface area (Å²) in [6.07, 6.45) is -6.77. The lowest BCUT2D eigenvalue weighted by atomic mass is 9.77. The molecule has 4 aliphatic heterocycles. The van der Waals surface area contributed by atoms with Crippen molar-refractivity contribution in [3.05, 3.63) is 41.7 Å². The first-order valence-electron chi connectivity index (χ1n) is 27.9. The number of benzene rings is 1. The maximum atomic E-state index is 15.0. The van der Waals surface area contributed by atoms with Crippen LogP contribution in [0.3, 0.4) is 0 Å². The molecule has 1 aromatic carbocycles. The van der Waals surface area contributed by atoms with Gasteiger partial charge in [0.15, 0.2) is 12.6 Å². The van der Waals surface area contributed by atoms with Gasteiger partial charge in [0.05, 0.1) is 53.3 Å². The van der Waals surface area contributed by atoms with E-state index in [0.29, 0.717) is 31.6 Å². The highest BCUT2D eigenvalue weighted by Gasteiger charge is 2.53. The van der Waals surface area contributed by atoms with Gasteiger partial charge in [-0.1, -0.05) is 38.1 Å². The van der Waals surface area contributed by atoms with Crippen molar-refractivity contribution in [3.63, 3.8) is 0 Å². The molecule has 0 bridgehead atoms. The second-order valence-electron chi connectivity index (χ2n) is 23.7. The number of hydrogen-bond acceptors (Lipinski definition) is 19. The molecule has 20 nitrogen and oxygen atoms in total. The maximum Gasteiger partial charge on any atom is 0.311 e. The highest BCUT2D eigenvalue weighted by atomic mass is 19.1. The van der Waals surface area contributed by atoms with Crippen LogP contribution in [0, 0.1) is 17.8 Å². The van der Waals surface area contributed by atoms with Crippen molar-refractivity contribution < 1.29 is 72.6 Å². The van der Waals surface area contributed by atoms with E-state index in [9.17, 15) is 34.7 Å². The molecule has 0 aliphatic carbocycles. The monoisotopic (exact) mass is 1090 g/mol. The third kappa shape index (κ3) is 14.6. The van der Waals surface area contributed by atoms with E-state index in [1.807, 2.05) is 62.0 Å². The highest BCUT2D eigenvalue weighted by Crippen LogP contribution is 2.41. The Bertz CT molecular complexity index is 2140. The topological polar surface area (TPSA) is 232 Å². The van der Waals surface area contributed by atoms with Crippen LogP contribution in [0.5, 0.6) is 0 Å². The summed E-state index contributed by atoms with van der Waals surface area (Å²) in [5.41, 5.74) is -2.09. The van der Waals surface area contributed by atoms with Gasteiger partial charge in [0, 0.05) is 90.2 Å². The summed E-state index contributed by atoms with van der Waals surface area (Å²) >= 11 is 0. The van der Waals surface area contributed by atoms with E-state index in [4.69, 9.17) is 37.9 Å². The number of methoxy groups -OCH3 is 3. The Morgan fingerprint density at radius 1 is 0.948 bits per heavy atom. The molecular formula is C56H95FN6O14. The maximum absolute atomic E-state index is 15.0. The normalized spacial score (nSPS) is 40.2. The molecule has 2 aromatic rings. The fraction of sp³-hybridized carbons (Fsp3) is 0.839. The van der Waals surface area contributed by atoms with Crippen LogP contribution in [0.2, 0.25) is 0 Å². The standard InChI is InChI=1S/C56H95FN6O14/c1-16-44-56(10,69)49(65)36(6)61(12)29-32(2)26-54(8,68)51(34(4)47(35(5)52(67)75-44)76-45-27-55(9,72-15)50(66)37(7)74-45)77-53-46(64)42(25-33(3)73-53)60(11)23-21-39-30-63(59-58-39)43(28-57)48(71-14)38-17-19-40(20-18-38)62-24-22-41(31-62)70-13/h17-20,30,32-37,41-51,53,64-66,68-69H,16,21-29,31H2,1-15H3/t32-,33-,34+,35-,36-,37+,41+,42+,43+,44-,45+,46-,47+,48-,49-,50+,51-,53+,54-,55-,56-/m1/s1. The van der Waals surface area contributed by atoms with Crippen LogP contribution in [0.4, 0.5) is 10.1 Å². The number of aromatic nitrogens is 3. The summed E-state index contributed by atoms with van der Waals surface area (Å²) in [4.78, 5) is 20.7. The number of alkyl halides is 1. The van der Waals surface area contributed by atoms with Gasteiger partial charge in [0.1, 0.15) is 48.8 Å². The molecule has 0 amide bonds. The number of ether oxygens (including phenoxy) is 8. The van der Waals surface area contributed by atoms with Crippen LogP contribution in [-0.2, 0) is 49.1 Å². The van der Waals surface area contributed by atoms with E-state index in [1.54, 1.807) is 68.9 Å². The second-order valence-corrected chi connectivity index (χ2v) is 23.7. The van der Waals surface area contributed by atoms with E-state index in [1.165, 1.54) is 18.7 Å². The number of carbonyl (C=O) groups excluding carboxylic acids is 1. The smallest absolute Gasteiger partial charge is 0.311 e. The van der Waals surface area contributed by atoms with Crippen LogP contribution in [0.1, 0.15) is 125 Å². The number of carbonyl (C=O) groups is 1. The molecule has 0 spiro atoms. The van der Waals surface area contributed by atoms with Crippen LogP contribution < -0.4 is 4.90 Å². The minimum absolute atomic E-state index is 0.0854. The van der Waals surface area contributed by atoms with Crippen molar-refractivity contribution >= 4 is 11.7 Å². The summed E-state index contributed by atoms with van der Waals surface area (Å²) in [6, 6.07) is 6.12. The predicted molar refractivity (Wildman–Crippen MR) is 286 cm³/mol. The average molecular weight is 1100 g/mol. The van der Waals surface area contributed by atoms with Crippen molar-refractivity contribution in [1.29, 1.82) is 0 Å². The fourth-order valence-corrected chi connectivity index (χ4v) is 12.5. The Balaban J connectivity index is 1.24. The minimum atomic E-state index is -1.85. The molecule has 440 valence electrons. The summed E-state index contributed by atoms with van der Waals surface area (Å²) < 4.78 is 66.3. The molecule has 21 heteroatoms. The van der Waals surface area contributed by atoms with Gasteiger partial charge in [-0.05, 0) is 112 Å². The lowest BCUT2D eigenvalue weighted by Gasteiger charge is -2.49. The highest BCUT2D eigenvalue weighted by molar-refractivity contribution is 5.73. The van der Waals surface area contributed by atoms with E-state index < -0.39 is 127 Å². The van der Waals surface area contributed by atoms with E-state index >= 15 is 0 Å². The van der Waals surface area contributed by atoms with E-state index in [2.05, 4.69) is 15.2 Å². The molecule has 6 rings (SSSR count). The van der Waals surface area contributed by atoms with Crippen LogP contribution >= 0.6 is 0 Å². The second kappa shape index (κ2) is 26.7. The SMILES string of the molecule is CC[C@H]1OC(=O)[C@H](C)[C@@H](O[C@H]2C[C@@](C)(OC)[C@@H](O)[C@H](C)O2)[C@H](C)[C@@H](O[C@@H]2O[C@H](C)C[C@H](N(C)CCc3cn([C@@H](CF)[C@H](OC)c4ccc(N5CC[C@H](OC)C5)cc4)nn3)[C@H]2O)[C@](C)(O)C[C@@H](C)CN(C)[C@H](C)[C@@H](O)[C@]1(C)O. The molecule has 0 radical (unpaired) electrons. The third-order valence-corrected chi connectivity index (χ3v) is 17.6. The Labute approximate surface area is 456 Å². The molecule has 1 aromatic heterocycles. The molecule has 21 atom stereocenters. The Morgan fingerprint density at radius 3 is 2.25 bits per heavy atom. The number of cyclic esters (lactones) is 1.